The molecule has 0 aromatic heterocycles. The van der Waals surface area contributed by atoms with Crippen molar-refractivity contribution in [1.29, 1.82) is 0 Å². The largest absolute Gasteiger partial charge is 0.325 e. The first-order valence-electron chi connectivity index (χ1n) is 6.67. The van der Waals surface area contributed by atoms with Gasteiger partial charge in [0.1, 0.15) is 5.82 Å². The average molecular weight is 265 g/mol. The lowest BCUT2D eigenvalue weighted by Crippen LogP contribution is -2.48. The van der Waals surface area contributed by atoms with Crippen molar-refractivity contribution >= 4 is 11.6 Å². The number of carbonyl (C=O) groups excluding carboxylic acids is 1. The van der Waals surface area contributed by atoms with Gasteiger partial charge >= 0.3 is 0 Å². The van der Waals surface area contributed by atoms with Gasteiger partial charge in [-0.25, -0.2) is 4.39 Å². The first-order chi connectivity index (χ1) is 9.17. The highest BCUT2D eigenvalue weighted by atomic mass is 19.1. The van der Waals surface area contributed by atoms with Gasteiger partial charge in [0.15, 0.2) is 0 Å². The Morgan fingerprint density at radius 2 is 1.74 bits per heavy atom. The lowest BCUT2D eigenvalue weighted by atomic mass is 10.3. The smallest absolute Gasteiger partial charge is 0.238 e. The Morgan fingerprint density at radius 1 is 1.16 bits per heavy atom. The molecule has 1 aromatic rings. The molecule has 104 valence electrons. The minimum absolute atomic E-state index is 0.0449. The zero-order chi connectivity index (χ0) is 13.7. The highest BCUT2D eigenvalue weighted by Gasteiger charge is 2.17. The quantitative estimate of drug-likeness (QED) is 0.894. The first-order valence-corrected chi connectivity index (χ1v) is 6.67. The van der Waals surface area contributed by atoms with Crippen LogP contribution >= 0.6 is 0 Å². The maximum absolute atomic E-state index is 12.7. The van der Waals surface area contributed by atoms with E-state index < -0.39 is 0 Å². The van der Waals surface area contributed by atoms with Crippen molar-refractivity contribution in [2.45, 2.75) is 6.92 Å². The van der Waals surface area contributed by atoms with Gasteiger partial charge in [0.25, 0.3) is 0 Å². The fourth-order valence-corrected chi connectivity index (χ4v) is 2.20. The molecule has 0 aliphatic carbocycles. The SMILES string of the molecule is CCN1CCN(CC(=O)Nc2ccc(F)cc2)CC1. The van der Waals surface area contributed by atoms with Gasteiger partial charge in [-0.2, -0.15) is 0 Å². The summed E-state index contributed by atoms with van der Waals surface area (Å²) in [5.74, 6) is -0.342. The van der Waals surface area contributed by atoms with Crippen LogP contribution in [0.15, 0.2) is 24.3 Å². The molecule has 1 N–H and O–H groups in total. The van der Waals surface area contributed by atoms with Crippen LogP contribution in [-0.4, -0.2) is 55.0 Å². The number of rotatable bonds is 4. The van der Waals surface area contributed by atoms with Gasteiger partial charge in [0, 0.05) is 31.9 Å². The molecule has 0 spiro atoms. The summed E-state index contributed by atoms with van der Waals surface area (Å²) < 4.78 is 12.7. The fourth-order valence-electron chi connectivity index (χ4n) is 2.20. The van der Waals surface area contributed by atoms with Crippen LogP contribution < -0.4 is 5.32 Å². The molecule has 1 aromatic carbocycles. The maximum atomic E-state index is 12.7. The number of carbonyl (C=O) groups is 1. The molecule has 1 aliphatic rings. The van der Waals surface area contributed by atoms with Crippen LogP contribution in [0, 0.1) is 5.82 Å². The summed E-state index contributed by atoms with van der Waals surface area (Å²) in [5.41, 5.74) is 0.638. The molecule has 19 heavy (non-hydrogen) atoms. The Hall–Kier alpha value is -1.46. The second kappa shape index (κ2) is 6.63. The minimum atomic E-state index is -0.298. The van der Waals surface area contributed by atoms with Crippen molar-refractivity contribution in [3.8, 4) is 0 Å². The Labute approximate surface area is 113 Å². The van der Waals surface area contributed by atoms with Crippen LogP contribution in [0.3, 0.4) is 0 Å². The average Bonchev–Trinajstić information content (AvgIpc) is 2.42. The van der Waals surface area contributed by atoms with Crippen molar-refractivity contribution in [2.24, 2.45) is 0 Å². The van der Waals surface area contributed by atoms with Crippen LogP contribution in [-0.2, 0) is 4.79 Å². The monoisotopic (exact) mass is 265 g/mol. The third-order valence-corrected chi connectivity index (χ3v) is 3.41. The van der Waals surface area contributed by atoms with Crippen LogP contribution in [0.1, 0.15) is 6.92 Å². The van der Waals surface area contributed by atoms with Crippen molar-refractivity contribution in [1.82, 2.24) is 9.80 Å². The molecule has 4 nitrogen and oxygen atoms in total. The van der Waals surface area contributed by atoms with Gasteiger partial charge in [0.05, 0.1) is 6.54 Å². The van der Waals surface area contributed by atoms with E-state index in [1.807, 2.05) is 0 Å². The summed E-state index contributed by atoms with van der Waals surface area (Å²) in [7, 11) is 0. The van der Waals surface area contributed by atoms with E-state index in [-0.39, 0.29) is 11.7 Å². The highest BCUT2D eigenvalue weighted by molar-refractivity contribution is 5.92. The van der Waals surface area contributed by atoms with Crippen LogP contribution in [0.2, 0.25) is 0 Å². The Bertz CT molecular complexity index is 413. The van der Waals surface area contributed by atoms with E-state index in [4.69, 9.17) is 0 Å². The van der Waals surface area contributed by atoms with Gasteiger partial charge in [-0.1, -0.05) is 6.92 Å². The van der Waals surface area contributed by atoms with Gasteiger partial charge < -0.3 is 10.2 Å². The normalized spacial score (nSPS) is 17.4. The van der Waals surface area contributed by atoms with E-state index in [2.05, 4.69) is 22.0 Å². The van der Waals surface area contributed by atoms with E-state index in [0.29, 0.717) is 12.2 Å². The number of nitrogens with one attached hydrogen (secondary N) is 1. The third-order valence-electron chi connectivity index (χ3n) is 3.41. The second-order valence-corrected chi connectivity index (χ2v) is 4.77. The van der Waals surface area contributed by atoms with Gasteiger partial charge in [0.2, 0.25) is 5.91 Å². The molecule has 1 saturated heterocycles. The lowest BCUT2D eigenvalue weighted by molar-refractivity contribution is -0.117. The number of anilines is 1. The lowest BCUT2D eigenvalue weighted by Gasteiger charge is -2.33. The number of piperazine rings is 1. The molecular formula is C14H20FN3O. The van der Waals surface area contributed by atoms with E-state index in [0.717, 1.165) is 32.7 Å². The van der Waals surface area contributed by atoms with E-state index >= 15 is 0 Å². The summed E-state index contributed by atoms with van der Waals surface area (Å²) in [6.07, 6.45) is 0. The van der Waals surface area contributed by atoms with Crippen molar-refractivity contribution in [3.63, 3.8) is 0 Å². The van der Waals surface area contributed by atoms with E-state index in [9.17, 15) is 9.18 Å². The van der Waals surface area contributed by atoms with Crippen molar-refractivity contribution in [2.75, 3.05) is 44.6 Å². The number of hydrogen-bond acceptors (Lipinski definition) is 3. The maximum Gasteiger partial charge on any atom is 0.238 e. The zero-order valence-corrected chi connectivity index (χ0v) is 11.2. The summed E-state index contributed by atoms with van der Waals surface area (Å²) in [4.78, 5) is 16.4. The van der Waals surface area contributed by atoms with Crippen LogP contribution in [0.5, 0.6) is 0 Å². The van der Waals surface area contributed by atoms with E-state index in [1.165, 1.54) is 12.1 Å². The number of halogens is 1. The molecule has 1 amide bonds. The fraction of sp³-hybridized carbons (Fsp3) is 0.500. The summed E-state index contributed by atoms with van der Waals surface area (Å²) in [6, 6.07) is 5.83. The van der Waals surface area contributed by atoms with Gasteiger partial charge in [-0.15, -0.1) is 0 Å². The molecule has 1 aliphatic heterocycles. The zero-order valence-electron chi connectivity index (χ0n) is 11.2. The van der Waals surface area contributed by atoms with Gasteiger partial charge in [-0.3, -0.25) is 9.69 Å². The Balaban J connectivity index is 1.77. The second-order valence-electron chi connectivity index (χ2n) is 4.77. The molecule has 0 radical (unpaired) electrons. The number of amides is 1. The molecule has 0 unspecified atom stereocenters. The molecule has 1 fully saturated rings. The molecule has 0 saturated carbocycles. The molecule has 5 heteroatoms. The summed E-state index contributed by atoms with van der Waals surface area (Å²) in [6.45, 7) is 7.48. The molecule has 1 heterocycles. The van der Waals surface area contributed by atoms with Gasteiger partial charge in [-0.05, 0) is 30.8 Å². The molecule has 0 atom stereocenters. The predicted molar refractivity (Wildman–Crippen MR) is 73.6 cm³/mol. The number of hydrogen-bond donors (Lipinski definition) is 1. The number of benzene rings is 1. The molecular weight excluding hydrogens is 245 g/mol. The number of likely N-dealkylation sites (N-methyl/N-ethyl adjacent to an activating group) is 1. The van der Waals surface area contributed by atoms with Crippen molar-refractivity contribution in [3.05, 3.63) is 30.1 Å². The standard InChI is InChI=1S/C14H20FN3O/c1-2-17-7-9-18(10-8-17)11-14(19)16-13-5-3-12(15)4-6-13/h3-6H,2,7-11H2,1H3,(H,16,19). The summed E-state index contributed by atoms with van der Waals surface area (Å²) >= 11 is 0. The van der Waals surface area contributed by atoms with Crippen LogP contribution in [0.4, 0.5) is 10.1 Å². The Kier molecular flexibility index (Phi) is 4.87. The topological polar surface area (TPSA) is 35.6 Å². The Morgan fingerprint density at radius 3 is 2.32 bits per heavy atom. The number of nitrogens with zero attached hydrogens (tertiary/aromatic N) is 2. The third kappa shape index (κ3) is 4.29. The minimum Gasteiger partial charge on any atom is -0.325 e. The predicted octanol–water partition coefficient (Wildman–Crippen LogP) is 1.40. The van der Waals surface area contributed by atoms with Crippen LogP contribution in [0.25, 0.3) is 0 Å². The van der Waals surface area contributed by atoms with E-state index in [1.54, 1.807) is 12.1 Å². The van der Waals surface area contributed by atoms with Crippen molar-refractivity contribution < 1.29 is 9.18 Å². The highest BCUT2D eigenvalue weighted by Crippen LogP contribution is 2.08. The molecule has 0 bridgehead atoms. The molecule has 2 rings (SSSR count). The summed E-state index contributed by atoms with van der Waals surface area (Å²) in [5, 5.41) is 2.78. The first kappa shape index (κ1) is 14.0.